The number of unbranched alkanes of at least 4 members (excludes halogenated alkanes) is 2. The number of piperazine rings is 1. The van der Waals surface area contributed by atoms with E-state index in [4.69, 9.17) is 19.9 Å². The van der Waals surface area contributed by atoms with Crippen molar-refractivity contribution in [2.24, 2.45) is 0 Å². The number of nitrogens with two attached hydrogens (primary N) is 1. The molecule has 4 N–H and O–H groups in total. The van der Waals surface area contributed by atoms with Gasteiger partial charge in [-0.2, -0.15) is 4.98 Å². The second-order valence-corrected chi connectivity index (χ2v) is 13.0. The lowest BCUT2D eigenvalue weighted by Crippen LogP contribution is -2.48. The van der Waals surface area contributed by atoms with E-state index in [1.54, 1.807) is 7.11 Å². The lowest BCUT2D eigenvalue weighted by molar-refractivity contribution is -0.141. The summed E-state index contributed by atoms with van der Waals surface area (Å²) < 4.78 is 19.0. The number of carbonyl (C=O) groups excluding carboxylic acids is 4. The Bertz CT molecular complexity index is 1740. The van der Waals surface area contributed by atoms with Gasteiger partial charge in [0.15, 0.2) is 5.82 Å². The third kappa shape index (κ3) is 11.2. The largest absolute Gasteiger partial charge is 0.496 e. The molecule has 4 heterocycles. The number of fused-ring (bicyclic) bond motifs is 1. The summed E-state index contributed by atoms with van der Waals surface area (Å²) in [6, 6.07) is 8.29. The number of nitrogen functional groups attached to an aromatic ring is 1. The first kappa shape index (κ1) is 39.2. The molecule has 16 nitrogen and oxygen atoms in total. The second kappa shape index (κ2) is 19.7. The van der Waals surface area contributed by atoms with E-state index in [9.17, 15) is 19.2 Å². The van der Waals surface area contributed by atoms with Crippen LogP contribution >= 0.6 is 0 Å². The van der Waals surface area contributed by atoms with Crippen LogP contribution in [0.2, 0.25) is 0 Å². The molecule has 3 aromatic rings. The third-order valence-electron chi connectivity index (χ3n) is 9.13. The lowest BCUT2D eigenvalue weighted by Gasteiger charge is -2.35. The van der Waals surface area contributed by atoms with Crippen LogP contribution in [0, 0.1) is 0 Å². The highest BCUT2D eigenvalue weighted by Gasteiger charge is 2.25. The molecule has 0 aliphatic carbocycles. The second-order valence-electron chi connectivity index (χ2n) is 13.0. The fraction of sp³-hybridized carbons (Fsp3) is 0.514. The van der Waals surface area contributed by atoms with Gasteiger partial charge in [-0.05, 0) is 24.1 Å². The van der Waals surface area contributed by atoms with Crippen LogP contribution in [0.25, 0.3) is 11.0 Å². The smallest absolute Gasteiger partial charge is 0.254 e. The summed E-state index contributed by atoms with van der Waals surface area (Å²) in [5.41, 5.74) is 9.90. The van der Waals surface area contributed by atoms with Crippen molar-refractivity contribution in [1.82, 2.24) is 34.6 Å². The molecule has 1 saturated heterocycles. The minimum atomic E-state index is -0.499. The quantitative estimate of drug-likeness (QED) is 0.107. The minimum Gasteiger partial charge on any atom is -0.496 e. The lowest BCUT2D eigenvalue weighted by atomic mass is 10.1. The molecule has 5 rings (SSSR count). The van der Waals surface area contributed by atoms with Crippen LogP contribution in [0.4, 0.5) is 11.8 Å². The average molecular weight is 734 g/mol. The van der Waals surface area contributed by atoms with Crippen molar-refractivity contribution >= 4 is 46.4 Å². The molecule has 0 spiro atoms. The fourth-order valence-electron chi connectivity index (χ4n) is 6.27. The monoisotopic (exact) mass is 733 g/mol. The number of hydrogen-bond acceptors (Lipinski definition) is 12. The molecule has 1 fully saturated rings. The zero-order chi connectivity index (χ0) is 37.6. The Hall–Kier alpha value is -5.06. The topological polar surface area (TPSA) is 186 Å². The van der Waals surface area contributed by atoms with E-state index in [0.29, 0.717) is 45.9 Å². The minimum absolute atomic E-state index is 0.0643. The van der Waals surface area contributed by atoms with E-state index in [2.05, 4.69) is 55.2 Å². The van der Waals surface area contributed by atoms with E-state index < -0.39 is 17.7 Å². The van der Waals surface area contributed by atoms with Gasteiger partial charge in [0, 0.05) is 69.7 Å². The average Bonchev–Trinajstić information content (AvgIpc) is 3.70. The van der Waals surface area contributed by atoms with Crippen LogP contribution in [0.1, 0.15) is 43.7 Å². The number of hydrogen-bond donors (Lipinski definition) is 3. The number of benzene rings is 1. The molecule has 2 aliphatic rings. The van der Waals surface area contributed by atoms with Crippen molar-refractivity contribution in [3.8, 4) is 5.75 Å². The molecule has 1 aromatic carbocycles. The van der Waals surface area contributed by atoms with E-state index in [0.717, 1.165) is 96.2 Å². The molecular formula is C37H51N9O7. The van der Waals surface area contributed by atoms with Crippen molar-refractivity contribution in [1.29, 1.82) is 0 Å². The van der Waals surface area contributed by atoms with E-state index in [-0.39, 0.29) is 31.6 Å². The number of rotatable bonds is 21. The first-order valence-corrected chi connectivity index (χ1v) is 18.2. The first-order chi connectivity index (χ1) is 25.7. The fourth-order valence-corrected chi connectivity index (χ4v) is 6.27. The van der Waals surface area contributed by atoms with Crippen LogP contribution in [0.5, 0.6) is 5.75 Å². The SMILES string of the molecule is CCCCCNc1nc(N)nc2ccn(Cc3ccc(CN4CCN(C(=O)CCOCCOCCNC(=O)CN5C(=O)C=CC5=O)CC4)cc3OC)c12. The standard InChI is InChI=1S/C37H51N9O7/c1-3-4-5-12-40-36-35-29(41-37(38)42-36)10-14-45(35)25-28-7-6-27(23-30(28)51-2)24-43-15-17-44(18-16-43)32(48)11-19-52-21-22-53-20-13-39-31(47)26-46-33(49)8-9-34(46)50/h6-10,14,23H,3-5,11-13,15-22,24-26H2,1-2H3,(H,39,47)(H3,38,40,41,42). The molecule has 53 heavy (non-hydrogen) atoms. The predicted octanol–water partition coefficient (Wildman–Crippen LogP) is 1.78. The summed E-state index contributed by atoms with van der Waals surface area (Å²) in [5, 5.41) is 6.06. The Kier molecular flexibility index (Phi) is 14.5. The van der Waals surface area contributed by atoms with Gasteiger partial charge in [-0.3, -0.25) is 29.0 Å². The molecule has 286 valence electrons. The molecule has 0 bridgehead atoms. The number of ether oxygens (including phenoxy) is 3. The van der Waals surface area contributed by atoms with Crippen molar-refractivity contribution in [2.75, 3.05) is 90.4 Å². The van der Waals surface area contributed by atoms with Gasteiger partial charge in [-0.1, -0.05) is 31.9 Å². The molecule has 0 atom stereocenters. The van der Waals surface area contributed by atoms with Gasteiger partial charge >= 0.3 is 0 Å². The molecular weight excluding hydrogens is 682 g/mol. The number of imide groups is 1. The highest BCUT2D eigenvalue weighted by atomic mass is 16.5. The number of aromatic nitrogens is 3. The van der Waals surface area contributed by atoms with Crippen LogP contribution in [0.3, 0.4) is 0 Å². The number of nitrogens with zero attached hydrogens (tertiary/aromatic N) is 6. The van der Waals surface area contributed by atoms with Crippen LogP contribution in [-0.4, -0.2) is 132 Å². The third-order valence-corrected chi connectivity index (χ3v) is 9.13. The Labute approximate surface area is 309 Å². The maximum absolute atomic E-state index is 12.8. The zero-order valence-corrected chi connectivity index (χ0v) is 30.7. The van der Waals surface area contributed by atoms with Gasteiger partial charge in [-0.25, -0.2) is 4.98 Å². The van der Waals surface area contributed by atoms with E-state index in [1.807, 2.05) is 17.2 Å². The summed E-state index contributed by atoms with van der Waals surface area (Å²) >= 11 is 0. The van der Waals surface area contributed by atoms with Crippen molar-refractivity contribution in [3.05, 3.63) is 53.7 Å². The maximum Gasteiger partial charge on any atom is 0.254 e. The Balaban J connectivity index is 0.979. The maximum atomic E-state index is 12.8. The van der Waals surface area contributed by atoms with Crippen molar-refractivity contribution < 1.29 is 33.4 Å². The number of amides is 4. The zero-order valence-electron chi connectivity index (χ0n) is 30.7. The van der Waals surface area contributed by atoms with Gasteiger partial charge in [-0.15, -0.1) is 0 Å². The highest BCUT2D eigenvalue weighted by Crippen LogP contribution is 2.27. The van der Waals surface area contributed by atoms with Gasteiger partial charge < -0.3 is 40.0 Å². The molecule has 2 aliphatic heterocycles. The van der Waals surface area contributed by atoms with Crippen LogP contribution in [0.15, 0.2) is 42.6 Å². The van der Waals surface area contributed by atoms with Gasteiger partial charge in [0.1, 0.15) is 17.8 Å². The number of methoxy groups -OCH3 is 1. The molecule has 0 unspecified atom stereocenters. The summed E-state index contributed by atoms with van der Waals surface area (Å²) in [7, 11) is 1.69. The molecule has 16 heteroatoms. The summed E-state index contributed by atoms with van der Waals surface area (Å²) in [5.74, 6) is 0.430. The summed E-state index contributed by atoms with van der Waals surface area (Å²) in [6.45, 7) is 8.31. The Morgan fingerprint density at radius 1 is 0.906 bits per heavy atom. The van der Waals surface area contributed by atoms with Gasteiger partial charge in [0.25, 0.3) is 11.8 Å². The molecule has 4 amide bonds. The Morgan fingerprint density at radius 2 is 1.66 bits per heavy atom. The van der Waals surface area contributed by atoms with E-state index in [1.165, 1.54) is 0 Å². The van der Waals surface area contributed by atoms with Crippen LogP contribution in [-0.2, 0) is 41.7 Å². The van der Waals surface area contributed by atoms with Gasteiger partial charge in [0.2, 0.25) is 17.8 Å². The highest BCUT2D eigenvalue weighted by molar-refractivity contribution is 6.14. The van der Waals surface area contributed by atoms with Crippen LogP contribution < -0.4 is 21.1 Å². The molecule has 0 radical (unpaired) electrons. The molecule has 2 aromatic heterocycles. The molecule has 0 saturated carbocycles. The summed E-state index contributed by atoms with van der Waals surface area (Å²) in [4.78, 5) is 61.8. The predicted molar refractivity (Wildman–Crippen MR) is 199 cm³/mol. The summed E-state index contributed by atoms with van der Waals surface area (Å²) in [6.07, 6.45) is 7.92. The Morgan fingerprint density at radius 3 is 2.40 bits per heavy atom. The number of carbonyl (C=O) groups is 4. The van der Waals surface area contributed by atoms with Crippen molar-refractivity contribution in [3.63, 3.8) is 0 Å². The number of anilines is 2. The first-order valence-electron chi connectivity index (χ1n) is 18.2. The normalized spacial score (nSPS) is 14.8. The van der Waals surface area contributed by atoms with Gasteiger partial charge in [0.05, 0.1) is 52.0 Å². The number of nitrogens with one attached hydrogen (secondary N) is 2. The van der Waals surface area contributed by atoms with E-state index >= 15 is 0 Å². The van der Waals surface area contributed by atoms with Crippen molar-refractivity contribution in [2.45, 2.75) is 45.7 Å².